The minimum Gasteiger partial charge on any atom is -0.379 e. The number of anilines is 1. The Labute approximate surface area is 149 Å². The van der Waals surface area contributed by atoms with Crippen molar-refractivity contribution in [2.75, 3.05) is 51.3 Å². The molecule has 3 heterocycles. The van der Waals surface area contributed by atoms with Gasteiger partial charge in [0.05, 0.1) is 13.2 Å². The molecule has 0 spiro atoms. The van der Waals surface area contributed by atoms with Gasteiger partial charge in [-0.1, -0.05) is 13.3 Å². The number of likely N-dealkylation sites (tertiary alicyclic amines) is 1. The number of morpholine rings is 1. The molecular weight excluding hydrogens is 318 g/mol. The molecule has 0 saturated carbocycles. The highest BCUT2D eigenvalue weighted by molar-refractivity contribution is 5.76. The standard InChI is InChI=1S/C18H29N5O2/c1-2-15-13-23(14-16(15)22-9-11-25-12-10-22)17(24)5-3-6-19-18-20-7-4-8-21-18/h4,7-8,15-16H,2-3,5-6,9-14H2,1H3,(H,19,20,21)/t15-,16+/m0/s1. The number of nitrogens with one attached hydrogen (secondary N) is 1. The van der Waals surface area contributed by atoms with Crippen LogP contribution in [0.5, 0.6) is 0 Å². The van der Waals surface area contributed by atoms with Crippen LogP contribution >= 0.6 is 0 Å². The maximum Gasteiger partial charge on any atom is 0.222 e. The SMILES string of the molecule is CC[C@H]1CN(C(=O)CCCNc2ncccn2)C[C@H]1N1CCOCC1. The van der Waals surface area contributed by atoms with E-state index in [2.05, 4.69) is 32.0 Å². The van der Waals surface area contributed by atoms with Gasteiger partial charge in [0.15, 0.2) is 0 Å². The van der Waals surface area contributed by atoms with Crippen molar-refractivity contribution >= 4 is 11.9 Å². The van der Waals surface area contributed by atoms with E-state index in [1.54, 1.807) is 18.5 Å². The van der Waals surface area contributed by atoms with Crippen LogP contribution in [0.4, 0.5) is 5.95 Å². The Morgan fingerprint density at radius 1 is 1.28 bits per heavy atom. The molecule has 0 unspecified atom stereocenters. The molecule has 1 aromatic rings. The first-order valence-electron chi connectivity index (χ1n) is 9.38. The molecule has 2 atom stereocenters. The molecule has 1 amide bonds. The van der Waals surface area contributed by atoms with Crippen LogP contribution in [0.3, 0.4) is 0 Å². The maximum atomic E-state index is 12.6. The predicted octanol–water partition coefficient (Wildman–Crippen LogP) is 1.24. The van der Waals surface area contributed by atoms with Crippen molar-refractivity contribution in [2.24, 2.45) is 5.92 Å². The first-order chi connectivity index (χ1) is 12.3. The first kappa shape index (κ1) is 18.1. The zero-order valence-corrected chi connectivity index (χ0v) is 15.1. The molecule has 138 valence electrons. The van der Waals surface area contributed by atoms with Gasteiger partial charge in [0.1, 0.15) is 0 Å². The van der Waals surface area contributed by atoms with Crippen molar-refractivity contribution in [1.29, 1.82) is 0 Å². The van der Waals surface area contributed by atoms with Crippen molar-refractivity contribution in [3.8, 4) is 0 Å². The molecule has 1 N–H and O–H groups in total. The van der Waals surface area contributed by atoms with Crippen molar-refractivity contribution in [3.63, 3.8) is 0 Å². The zero-order chi connectivity index (χ0) is 17.5. The largest absolute Gasteiger partial charge is 0.379 e. The fourth-order valence-electron chi connectivity index (χ4n) is 3.77. The molecule has 0 aliphatic carbocycles. The van der Waals surface area contributed by atoms with Crippen LogP contribution in [-0.4, -0.2) is 77.7 Å². The van der Waals surface area contributed by atoms with Gasteiger partial charge in [-0.15, -0.1) is 0 Å². The van der Waals surface area contributed by atoms with Crippen molar-refractivity contribution in [3.05, 3.63) is 18.5 Å². The van der Waals surface area contributed by atoms with Gasteiger partial charge < -0.3 is 15.0 Å². The number of rotatable bonds is 7. The summed E-state index contributed by atoms with van der Waals surface area (Å²) in [7, 11) is 0. The Morgan fingerprint density at radius 2 is 2.04 bits per heavy atom. The molecular formula is C18H29N5O2. The number of carbonyl (C=O) groups is 1. The minimum absolute atomic E-state index is 0.269. The van der Waals surface area contributed by atoms with E-state index >= 15 is 0 Å². The highest BCUT2D eigenvalue weighted by Gasteiger charge is 2.37. The van der Waals surface area contributed by atoms with E-state index in [1.807, 2.05) is 0 Å². The van der Waals surface area contributed by atoms with Crippen LogP contribution in [0.2, 0.25) is 0 Å². The normalized spacial score (nSPS) is 24.4. The predicted molar refractivity (Wildman–Crippen MR) is 96.3 cm³/mol. The molecule has 7 heteroatoms. The molecule has 3 rings (SSSR count). The van der Waals surface area contributed by atoms with Gasteiger partial charge >= 0.3 is 0 Å². The van der Waals surface area contributed by atoms with Crippen LogP contribution in [-0.2, 0) is 9.53 Å². The Morgan fingerprint density at radius 3 is 2.76 bits per heavy atom. The fraction of sp³-hybridized carbons (Fsp3) is 0.722. The summed E-state index contributed by atoms with van der Waals surface area (Å²) in [5, 5.41) is 3.16. The number of nitrogens with zero attached hydrogens (tertiary/aromatic N) is 4. The molecule has 2 aliphatic heterocycles. The van der Waals surface area contributed by atoms with E-state index in [-0.39, 0.29) is 5.91 Å². The van der Waals surface area contributed by atoms with Crippen LogP contribution in [0.15, 0.2) is 18.5 Å². The highest BCUT2D eigenvalue weighted by Crippen LogP contribution is 2.26. The highest BCUT2D eigenvalue weighted by atomic mass is 16.5. The molecule has 1 aromatic heterocycles. The van der Waals surface area contributed by atoms with Crippen molar-refractivity contribution in [1.82, 2.24) is 19.8 Å². The number of aromatic nitrogens is 2. The summed E-state index contributed by atoms with van der Waals surface area (Å²) in [6, 6.07) is 2.28. The number of amides is 1. The van der Waals surface area contributed by atoms with Gasteiger partial charge in [0, 0.05) is 57.6 Å². The maximum absolute atomic E-state index is 12.6. The van der Waals surface area contributed by atoms with Crippen LogP contribution < -0.4 is 5.32 Å². The van der Waals surface area contributed by atoms with Gasteiger partial charge in [0.2, 0.25) is 11.9 Å². The van der Waals surface area contributed by atoms with Crippen LogP contribution in [0.1, 0.15) is 26.2 Å². The van der Waals surface area contributed by atoms with Gasteiger partial charge in [-0.3, -0.25) is 9.69 Å². The van der Waals surface area contributed by atoms with Gasteiger partial charge in [-0.2, -0.15) is 0 Å². The van der Waals surface area contributed by atoms with Gasteiger partial charge in [-0.05, 0) is 18.4 Å². The average molecular weight is 347 g/mol. The number of hydrogen-bond acceptors (Lipinski definition) is 6. The lowest BCUT2D eigenvalue weighted by Crippen LogP contribution is -2.47. The summed E-state index contributed by atoms with van der Waals surface area (Å²) in [4.78, 5) is 25.4. The van der Waals surface area contributed by atoms with Crippen LogP contribution in [0, 0.1) is 5.92 Å². The lowest BCUT2D eigenvalue weighted by atomic mass is 9.99. The van der Waals surface area contributed by atoms with Gasteiger partial charge in [0.25, 0.3) is 0 Å². The Hall–Kier alpha value is -1.73. The fourth-order valence-corrected chi connectivity index (χ4v) is 3.77. The summed E-state index contributed by atoms with van der Waals surface area (Å²) < 4.78 is 5.47. The number of hydrogen-bond donors (Lipinski definition) is 1. The molecule has 2 saturated heterocycles. The molecule has 0 radical (unpaired) electrons. The smallest absolute Gasteiger partial charge is 0.222 e. The average Bonchev–Trinajstić information content (AvgIpc) is 3.11. The monoisotopic (exact) mass is 347 g/mol. The van der Waals surface area contributed by atoms with E-state index in [4.69, 9.17) is 4.74 Å². The summed E-state index contributed by atoms with van der Waals surface area (Å²) in [5.41, 5.74) is 0. The summed E-state index contributed by atoms with van der Waals surface area (Å²) in [6.45, 7) is 8.32. The Balaban J connectivity index is 1.42. The molecule has 0 aromatic carbocycles. The number of carbonyl (C=O) groups excluding carboxylic acids is 1. The molecule has 2 fully saturated rings. The molecule has 2 aliphatic rings. The second-order valence-corrected chi connectivity index (χ2v) is 6.79. The zero-order valence-electron chi connectivity index (χ0n) is 15.1. The topological polar surface area (TPSA) is 70.6 Å². The third-order valence-corrected chi connectivity index (χ3v) is 5.21. The molecule has 7 nitrogen and oxygen atoms in total. The number of ether oxygens (including phenoxy) is 1. The lowest BCUT2D eigenvalue weighted by molar-refractivity contribution is -0.130. The van der Waals surface area contributed by atoms with E-state index in [1.165, 1.54) is 0 Å². The van der Waals surface area contributed by atoms with E-state index in [0.717, 1.165) is 52.2 Å². The van der Waals surface area contributed by atoms with Crippen molar-refractivity contribution < 1.29 is 9.53 Å². The lowest BCUT2D eigenvalue weighted by Gasteiger charge is -2.34. The minimum atomic E-state index is 0.269. The Bertz CT molecular complexity index is 536. The quantitative estimate of drug-likeness (QED) is 0.749. The van der Waals surface area contributed by atoms with E-state index in [9.17, 15) is 4.79 Å². The first-order valence-corrected chi connectivity index (χ1v) is 9.38. The van der Waals surface area contributed by atoms with E-state index < -0.39 is 0 Å². The summed E-state index contributed by atoms with van der Waals surface area (Å²) >= 11 is 0. The summed E-state index contributed by atoms with van der Waals surface area (Å²) in [6.07, 6.45) is 5.92. The summed E-state index contributed by atoms with van der Waals surface area (Å²) in [5.74, 6) is 1.47. The van der Waals surface area contributed by atoms with Crippen molar-refractivity contribution in [2.45, 2.75) is 32.2 Å². The van der Waals surface area contributed by atoms with Crippen LogP contribution in [0.25, 0.3) is 0 Å². The molecule has 25 heavy (non-hydrogen) atoms. The third kappa shape index (κ3) is 4.89. The molecule has 0 bridgehead atoms. The second kappa shape index (κ2) is 9.10. The van der Waals surface area contributed by atoms with Gasteiger partial charge in [-0.25, -0.2) is 9.97 Å². The Kier molecular flexibility index (Phi) is 6.58. The third-order valence-electron chi connectivity index (χ3n) is 5.21. The second-order valence-electron chi connectivity index (χ2n) is 6.79. The van der Waals surface area contributed by atoms with E-state index in [0.29, 0.717) is 30.9 Å².